The Kier molecular flexibility index (Phi) is 4.55. The zero-order chi connectivity index (χ0) is 14.7. The van der Waals surface area contributed by atoms with E-state index in [9.17, 15) is 4.79 Å². The maximum atomic E-state index is 12.2. The lowest BCUT2D eigenvalue weighted by molar-refractivity contribution is 0.0939. The molecule has 2 rings (SSSR count). The topological polar surface area (TPSA) is 42.0 Å². The van der Waals surface area contributed by atoms with Gasteiger partial charge < -0.3 is 5.32 Å². The van der Waals surface area contributed by atoms with E-state index in [-0.39, 0.29) is 11.9 Å². The van der Waals surface area contributed by atoms with E-state index in [1.165, 1.54) is 11.1 Å². The Labute approximate surface area is 127 Å². The van der Waals surface area contributed by atoms with Crippen LogP contribution in [0.2, 0.25) is 0 Å². The van der Waals surface area contributed by atoms with Gasteiger partial charge in [0.05, 0.1) is 6.04 Å². The zero-order valence-electron chi connectivity index (χ0n) is 11.8. The van der Waals surface area contributed by atoms with Crippen molar-refractivity contribution in [1.29, 1.82) is 0 Å². The molecule has 1 unspecified atom stereocenters. The molecule has 0 aliphatic rings. The van der Waals surface area contributed by atoms with E-state index in [1.54, 1.807) is 18.3 Å². The number of halogens is 1. The molecular formula is C16H17BrN2O. The van der Waals surface area contributed by atoms with Crippen LogP contribution in [0.1, 0.15) is 40.0 Å². The SMILES string of the molecule is Cc1ccc(C(C)NC(=O)c2ccnc(Br)c2)c(C)c1. The quantitative estimate of drug-likeness (QED) is 0.864. The Morgan fingerprint density at radius 3 is 2.65 bits per heavy atom. The molecule has 1 heterocycles. The summed E-state index contributed by atoms with van der Waals surface area (Å²) in [6, 6.07) is 9.64. The van der Waals surface area contributed by atoms with Crippen molar-refractivity contribution in [1.82, 2.24) is 10.3 Å². The minimum atomic E-state index is -0.0967. The molecule has 104 valence electrons. The van der Waals surface area contributed by atoms with Crippen molar-refractivity contribution in [2.45, 2.75) is 26.8 Å². The molecule has 0 fully saturated rings. The van der Waals surface area contributed by atoms with Crippen LogP contribution >= 0.6 is 15.9 Å². The molecule has 0 bridgehead atoms. The van der Waals surface area contributed by atoms with Gasteiger partial charge in [0.15, 0.2) is 0 Å². The fourth-order valence-electron chi connectivity index (χ4n) is 2.21. The van der Waals surface area contributed by atoms with Crippen LogP contribution in [0.25, 0.3) is 0 Å². The maximum absolute atomic E-state index is 12.2. The average Bonchev–Trinajstić information content (AvgIpc) is 2.38. The fourth-order valence-corrected chi connectivity index (χ4v) is 2.58. The standard InChI is InChI=1S/C16H17BrN2O/c1-10-4-5-14(11(2)8-10)12(3)19-16(20)13-6-7-18-15(17)9-13/h4-9,12H,1-3H3,(H,19,20). The summed E-state index contributed by atoms with van der Waals surface area (Å²) >= 11 is 3.27. The predicted octanol–water partition coefficient (Wildman–Crippen LogP) is 3.95. The summed E-state index contributed by atoms with van der Waals surface area (Å²) in [5.74, 6) is -0.0967. The van der Waals surface area contributed by atoms with Gasteiger partial charge in [0.1, 0.15) is 4.60 Å². The third-order valence-electron chi connectivity index (χ3n) is 3.23. The second-order valence-electron chi connectivity index (χ2n) is 4.92. The number of rotatable bonds is 3. The van der Waals surface area contributed by atoms with Gasteiger partial charge in [-0.3, -0.25) is 4.79 Å². The molecule has 0 aliphatic carbocycles. The van der Waals surface area contributed by atoms with Gasteiger partial charge in [0.25, 0.3) is 5.91 Å². The number of nitrogens with one attached hydrogen (secondary N) is 1. The second kappa shape index (κ2) is 6.18. The van der Waals surface area contributed by atoms with E-state index in [0.29, 0.717) is 10.2 Å². The number of pyridine rings is 1. The molecule has 3 nitrogen and oxygen atoms in total. The largest absolute Gasteiger partial charge is 0.346 e. The molecule has 4 heteroatoms. The first-order valence-corrected chi connectivity index (χ1v) is 7.26. The van der Waals surface area contributed by atoms with Crippen LogP contribution in [-0.2, 0) is 0 Å². The Morgan fingerprint density at radius 2 is 2.00 bits per heavy atom. The highest BCUT2D eigenvalue weighted by Crippen LogP contribution is 2.19. The lowest BCUT2D eigenvalue weighted by atomic mass is 10.00. The van der Waals surface area contributed by atoms with E-state index in [2.05, 4.69) is 58.3 Å². The Morgan fingerprint density at radius 1 is 1.25 bits per heavy atom. The van der Waals surface area contributed by atoms with Crippen molar-refractivity contribution in [2.24, 2.45) is 0 Å². The average molecular weight is 333 g/mol. The number of aromatic nitrogens is 1. The van der Waals surface area contributed by atoms with Gasteiger partial charge in [-0.15, -0.1) is 0 Å². The first-order chi connectivity index (χ1) is 9.47. The summed E-state index contributed by atoms with van der Waals surface area (Å²) in [7, 11) is 0. The van der Waals surface area contributed by atoms with Crippen LogP contribution in [0.4, 0.5) is 0 Å². The number of carbonyl (C=O) groups is 1. The maximum Gasteiger partial charge on any atom is 0.251 e. The molecular weight excluding hydrogens is 316 g/mol. The Balaban J connectivity index is 2.15. The number of amides is 1. The summed E-state index contributed by atoms with van der Waals surface area (Å²) in [4.78, 5) is 16.2. The van der Waals surface area contributed by atoms with E-state index < -0.39 is 0 Å². The van der Waals surface area contributed by atoms with Crippen molar-refractivity contribution >= 4 is 21.8 Å². The molecule has 0 spiro atoms. The van der Waals surface area contributed by atoms with Crippen LogP contribution < -0.4 is 5.32 Å². The number of hydrogen-bond donors (Lipinski definition) is 1. The fraction of sp³-hybridized carbons (Fsp3) is 0.250. The minimum absolute atomic E-state index is 0.0324. The number of aryl methyl sites for hydroxylation is 2. The number of hydrogen-bond acceptors (Lipinski definition) is 2. The zero-order valence-corrected chi connectivity index (χ0v) is 13.4. The highest BCUT2D eigenvalue weighted by atomic mass is 79.9. The number of carbonyl (C=O) groups excluding carboxylic acids is 1. The van der Waals surface area contributed by atoms with Crippen molar-refractivity contribution in [3.05, 3.63) is 63.4 Å². The van der Waals surface area contributed by atoms with Gasteiger partial charge in [-0.2, -0.15) is 0 Å². The molecule has 1 atom stereocenters. The van der Waals surface area contributed by atoms with Gasteiger partial charge in [-0.05, 0) is 60.0 Å². The number of benzene rings is 1. The molecule has 1 aromatic carbocycles. The summed E-state index contributed by atoms with van der Waals surface area (Å²) in [6.45, 7) is 6.12. The summed E-state index contributed by atoms with van der Waals surface area (Å²) in [5.41, 5.74) is 4.15. The first kappa shape index (κ1) is 14.7. The highest BCUT2D eigenvalue weighted by molar-refractivity contribution is 9.10. The van der Waals surface area contributed by atoms with Gasteiger partial charge in [-0.25, -0.2) is 4.98 Å². The summed E-state index contributed by atoms with van der Waals surface area (Å²) < 4.78 is 0.657. The molecule has 0 radical (unpaired) electrons. The number of nitrogens with zero attached hydrogens (tertiary/aromatic N) is 1. The van der Waals surface area contributed by atoms with E-state index in [4.69, 9.17) is 0 Å². The smallest absolute Gasteiger partial charge is 0.251 e. The molecule has 1 amide bonds. The lowest BCUT2D eigenvalue weighted by Gasteiger charge is -2.17. The first-order valence-electron chi connectivity index (χ1n) is 6.47. The molecule has 1 N–H and O–H groups in total. The molecule has 0 aliphatic heterocycles. The van der Waals surface area contributed by atoms with Crippen LogP contribution in [0.5, 0.6) is 0 Å². The predicted molar refractivity (Wildman–Crippen MR) is 83.7 cm³/mol. The molecule has 1 aromatic heterocycles. The lowest BCUT2D eigenvalue weighted by Crippen LogP contribution is -2.27. The van der Waals surface area contributed by atoms with Crippen LogP contribution in [0, 0.1) is 13.8 Å². The Bertz CT molecular complexity index is 640. The van der Waals surface area contributed by atoms with Crippen LogP contribution in [0.15, 0.2) is 41.1 Å². The van der Waals surface area contributed by atoms with Crippen molar-refractivity contribution < 1.29 is 4.79 Å². The second-order valence-corrected chi connectivity index (χ2v) is 5.73. The highest BCUT2D eigenvalue weighted by Gasteiger charge is 2.13. The summed E-state index contributed by atoms with van der Waals surface area (Å²) in [5, 5.41) is 3.01. The normalized spacial score (nSPS) is 12.0. The van der Waals surface area contributed by atoms with Crippen molar-refractivity contribution in [3.63, 3.8) is 0 Å². The minimum Gasteiger partial charge on any atom is -0.346 e. The van der Waals surface area contributed by atoms with Gasteiger partial charge >= 0.3 is 0 Å². The third kappa shape index (κ3) is 3.45. The monoisotopic (exact) mass is 332 g/mol. The summed E-state index contributed by atoms with van der Waals surface area (Å²) in [6.07, 6.45) is 1.61. The van der Waals surface area contributed by atoms with Crippen molar-refractivity contribution in [3.8, 4) is 0 Å². The third-order valence-corrected chi connectivity index (χ3v) is 3.66. The van der Waals surface area contributed by atoms with Gasteiger partial charge in [0, 0.05) is 11.8 Å². The van der Waals surface area contributed by atoms with Gasteiger partial charge in [-0.1, -0.05) is 23.8 Å². The molecule has 2 aromatic rings. The van der Waals surface area contributed by atoms with Gasteiger partial charge in [0.2, 0.25) is 0 Å². The Hall–Kier alpha value is -1.68. The molecule has 0 saturated carbocycles. The van der Waals surface area contributed by atoms with E-state index in [1.807, 2.05) is 6.92 Å². The van der Waals surface area contributed by atoms with E-state index in [0.717, 1.165) is 5.56 Å². The van der Waals surface area contributed by atoms with Crippen LogP contribution in [-0.4, -0.2) is 10.9 Å². The van der Waals surface area contributed by atoms with E-state index >= 15 is 0 Å². The molecule has 0 saturated heterocycles. The van der Waals surface area contributed by atoms with Crippen LogP contribution in [0.3, 0.4) is 0 Å². The molecule has 20 heavy (non-hydrogen) atoms. The van der Waals surface area contributed by atoms with Crippen molar-refractivity contribution in [2.75, 3.05) is 0 Å².